The number of imidazole rings is 1. The summed E-state index contributed by atoms with van der Waals surface area (Å²) in [5.74, 6) is 0.171. The summed E-state index contributed by atoms with van der Waals surface area (Å²) in [5, 5.41) is 3.97. The number of methoxy groups -OCH3 is 1. The number of fused-ring (bicyclic) bond motifs is 2. The van der Waals surface area contributed by atoms with Gasteiger partial charge in [-0.05, 0) is 31.7 Å². The van der Waals surface area contributed by atoms with Gasteiger partial charge in [0.25, 0.3) is 0 Å². The van der Waals surface area contributed by atoms with Crippen molar-refractivity contribution in [2.24, 2.45) is 5.11 Å². The van der Waals surface area contributed by atoms with Crippen molar-refractivity contribution in [1.82, 2.24) is 19.5 Å². The number of hydrogen-bond donors (Lipinski definition) is 1. The lowest BCUT2D eigenvalue weighted by molar-refractivity contribution is -0.0787. The Balaban J connectivity index is 0.00000245. The molecule has 3 fully saturated rings. The molecule has 2 aromatic rings. The highest BCUT2D eigenvalue weighted by Crippen LogP contribution is 2.61. The highest BCUT2D eigenvalue weighted by Gasteiger charge is 2.61. The molecule has 1 aliphatic carbocycles. The number of rotatable bonds is 5. The lowest BCUT2D eigenvalue weighted by Gasteiger charge is -2.37. The highest BCUT2D eigenvalue weighted by molar-refractivity contribution is 7.48. The van der Waals surface area contributed by atoms with Gasteiger partial charge in [-0.3, -0.25) is 18.1 Å². The van der Waals surface area contributed by atoms with E-state index >= 15 is 0 Å². The average molecular weight is 468 g/mol. The first-order chi connectivity index (χ1) is 14.9. The summed E-state index contributed by atoms with van der Waals surface area (Å²) in [5.41, 5.74) is 14.5. The average Bonchev–Trinajstić information content (AvgIpc) is 3.23. The maximum Gasteiger partial charge on any atom is 0.475 e. The third-order valence-electron chi connectivity index (χ3n) is 5.80. The molecule has 2 aliphatic heterocycles. The zero-order valence-corrected chi connectivity index (χ0v) is 17.7. The van der Waals surface area contributed by atoms with Crippen LogP contribution >= 0.6 is 7.82 Å². The van der Waals surface area contributed by atoms with Crippen molar-refractivity contribution in [3.8, 4) is 5.88 Å². The van der Waals surface area contributed by atoms with Crippen molar-refractivity contribution in [3.05, 3.63) is 16.8 Å². The molecule has 1 saturated carbocycles. The van der Waals surface area contributed by atoms with E-state index < -0.39 is 31.8 Å². The molecule has 2 saturated heterocycles. The number of anilines is 1. The quantitative estimate of drug-likeness (QED) is 0.296. The van der Waals surface area contributed by atoms with E-state index in [1.54, 1.807) is 11.5 Å². The van der Waals surface area contributed by atoms with Crippen LogP contribution in [-0.2, 0) is 22.9 Å². The van der Waals surface area contributed by atoms with Crippen molar-refractivity contribution in [2.45, 2.75) is 63.7 Å². The molecule has 32 heavy (non-hydrogen) atoms. The van der Waals surface area contributed by atoms with Gasteiger partial charge in [0.2, 0.25) is 11.8 Å². The molecule has 0 bridgehead atoms. The molecular weight excluding hydrogens is 443 g/mol. The Hall–Kier alpha value is -2.47. The van der Waals surface area contributed by atoms with Gasteiger partial charge in [0.05, 0.1) is 26.1 Å². The maximum absolute atomic E-state index is 13.1. The molecule has 2 N–H and O–H groups in total. The molecule has 15 heteroatoms. The van der Waals surface area contributed by atoms with E-state index in [2.05, 4.69) is 25.0 Å². The summed E-state index contributed by atoms with van der Waals surface area (Å²) in [6.07, 6.45) is 1.43. The molecule has 5 atom stereocenters. The van der Waals surface area contributed by atoms with Crippen LogP contribution in [0.15, 0.2) is 11.4 Å². The minimum atomic E-state index is -3.83. The molecular formula is C17H25N8O6P. The van der Waals surface area contributed by atoms with E-state index in [1.807, 2.05) is 0 Å². The van der Waals surface area contributed by atoms with Crippen molar-refractivity contribution in [3.63, 3.8) is 0 Å². The lowest BCUT2D eigenvalue weighted by atomic mass is 9.93. The molecule has 1 unspecified atom stereocenters. The van der Waals surface area contributed by atoms with Gasteiger partial charge in [-0.15, -0.1) is 0 Å². The predicted octanol–water partition coefficient (Wildman–Crippen LogP) is 3.11. The topological polar surface area (TPSA) is 182 Å². The van der Waals surface area contributed by atoms with Crippen molar-refractivity contribution < 1.29 is 27.6 Å². The number of azide groups is 1. The van der Waals surface area contributed by atoms with Gasteiger partial charge in [-0.1, -0.05) is 12.5 Å². The monoisotopic (exact) mass is 468 g/mol. The number of nitrogens with zero attached hydrogens (tertiary/aromatic N) is 7. The molecule has 174 valence electrons. The van der Waals surface area contributed by atoms with Crippen LogP contribution in [0.1, 0.15) is 39.8 Å². The molecule has 3 aliphatic rings. The van der Waals surface area contributed by atoms with Crippen LogP contribution in [-0.4, -0.2) is 57.1 Å². The Morgan fingerprint density at radius 3 is 2.88 bits per heavy atom. The van der Waals surface area contributed by atoms with Crippen LogP contribution in [0.5, 0.6) is 5.88 Å². The number of phosphoric ester groups is 1. The van der Waals surface area contributed by atoms with Gasteiger partial charge in [-0.2, -0.15) is 9.97 Å². The van der Waals surface area contributed by atoms with Crippen LogP contribution in [0.3, 0.4) is 0 Å². The summed E-state index contributed by atoms with van der Waals surface area (Å²) >= 11 is 0. The van der Waals surface area contributed by atoms with E-state index in [0.717, 1.165) is 19.3 Å². The summed E-state index contributed by atoms with van der Waals surface area (Å²) < 4.78 is 42.8. The van der Waals surface area contributed by atoms with Crippen LogP contribution < -0.4 is 10.5 Å². The highest BCUT2D eigenvalue weighted by atomic mass is 31.2. The van der Waals surface area contributed by atoms with Gasteiger partial charge < -0.3 is 15.2 Å². The molecule has 0 radical (unpaired) electrons. The maximum atomic E-state index is 13.1. The Bertz CT molecular complexity index is 1120. The zero-order valence-electron chi connectivity index (χ0n) is 16.8. The van der Waals surface area contributed by atoms with E-state index in [0.29, 0.717) is 11.2 Å². The second-order valence-electron chi connectivity index (χ2n) is 7.78. The Morgan fingerprint density at radius 2 is 2.22 bits per heavy atom. The number of phosphoric acid groups is 1. The van der Waals surface area contributed by atoms with Crippen molar-refractivity contribution in [1.29, 1.82) is 0 Å². The minimum absolute atomic E-state index is 0. The molecule has 5 rings (SSSR count). The first-order valence-corrected chi connectivity index (χ1v) is 11.2. The second kappa shape index (κ2) is 8.14. The van der Waals surface area contributed by atoms with Crippen molar-refractivity contribution >= 4 is 24.9 Å². The van der Waals surface area contributed by atoms with E-state index in [-0.39, 0.29) is 32.0 Å². The van der Waals surface area contributed by atoms with Crippen LogP contribution in [0.2, 0.25) is 0 Å². The summed E-state index contributed by atoms with van der Waals surface area (Å²) in [4.78, 5) is 15.5. The molecule has 14 nitrogen and oxygen atoms in total. The van der Waals surface area contributed by atoms with Gasteiger partial charge in [-0.25, -0.2) is 9.55 Å². The second-order valence-corrected chi connectivity index (χ2v) is 9.36. The smallest absolute Gasteiger partial charge is 0.475 e. The first kappa shape index (κ1) is 22.7. The fraction of sp³-hybridized carbons (Fsp3) is 0.706. The first-order valence-electron chi connectivity index (χ1n) is 9.74. The predicted molar refractivity (Wildman–Crippen MR) is 112 cm³/mol. The number of nitrogens with two attached hydrogens (primary N) is 1. The Labute approximate surface area is 183 Å². The largest absolute Gasteiger partial charge is 0.479 e. The van der Waals surface area contributed by atoms with Gasteiger partial charge in [0.1, 0.15) is 17.7 Å². The van der Waals surface area contributed by atoms with Crippen molar-refractivity contribution in [2.75, 3.05) is 19.5 Å². The number of nitrogen functional groups attached to an aromatic ring is 1. The molecule has 2 aromatic heterocycles. The number of hydrogen-bond acceptors (Lipinski definition) is 11. The fourth-order valence-corrected chi connectivity index (χ4v) is 5.72. The minimum Gasteiger partial charge on any atom is -0.479 e. The summed E-state index contributed by atoms with van der Waals surface area (Å²) in [6.45, 7) is 1.60. The van der Waals surface area contributed by atoms with E-state index in [1.165, 1.54) is 13.4 Å². The van der Waals surface area contributed by atoms with E-state index in [9.17, 15) is 10.1 Å². The third-order valence-corrected chi connectivity index (χ3v) is 7.31. The van der Waals surface area contributed by atoms with Gasteiger partial charge >= 0.3 is 7.82 Å². The molecule has 0 spiro atoms. The third kappa shape index (κ3) is 3.49. The van der Waals surface area contributed by atoms with Crippen LogP contribution in [0.4, 0.5) is 5.95 Å². The Kier molecular flexibility index (Phi) is 5.78. The van der Waals surface area contributed by atoms with E-state index in [4.69, 9.17) is 28.8 Å². The summed E-state index contributed by atoms with van der Waals surface area (Å²) in [7, 11) is -2.39. The normalized spacial score (nSPS) is 34.2. The standard InChI is InChI=1S/C16H21N8O6P.CH4/c1-16(22-23-18)11-9(6-27-31(25,30-11)29-8-4-3-5-8)28-14(16)24-7-19-10-12(24)20-15(17)21-13(10)26-2;/h7-9,11,14H,3-6H2,1-2H3,(H2,17,20,21);1H4/t9-,11-,14-,16-,31?;/m1./s1. The zero-order chi connectivity index (χ0) is 21.8. The number of aromatic nitrogens is 4. The molecule has 0 amide bonds. The van der Waals surface area contributed by atoms with Gasteiger partial charge in [0, 0.05) is 4.91 Å². The number of ether oxygens (including phenoxy) is 2. The molecule has 0 aromatic carbocycles. The lowest BCUT2D eigenvalue weighted by Crippen LogP contribution is -2.46. The van der Waals surface area contributed by atoms with Gasteiger partial charge in [0.15, 0.2) is 17.4 Å². The van der Waals surface area contributed by atoms with Crippen LogP contribution in [0, 0.1) is 0 Å². The summed E-state index contributed by atoms with van der Waals surface area (Å²) in [6, 6.07) is 0. The molecule has 4 heterocycles. The Morgan fingerprint density at radius 1 is 1.44 bits per heavy atom. The SMILES string of the molecule is C.COc1nc(N)nc2c1ncn2[C@@H]1O[C@@H]2COP(=O)(OC3CCC3)O[C@H]2[C@@]1(C)N=[N+]=[N-]. The fourth-order valence-electron chi connectivity index (χ4n) is 4.01. The van der Waals surface area contributed by atoms with Crippen LogP contribution in [0.25, 0.3) is 21.6 Å².